The fourth-order valence-electron chi connectivity index (χ4n) is 2.25. The Bertz CT molecular complexity index is 435. The van der Waals surface area contributed by atoms with Gasteiger partial charge < -0.3 is 5.48 Å². The van der Waals surface area contributed by atoms with Gasteiger partial charge >= 0.3 is 124 Å². The Hall–Kier alpha value is -1.44. The van der Waals surface area contributed by atoms with Crippen LogP contribution in [0.25, 0.3) is 0 Å². The van der Waals surface area contributed by atoms with Gasteiger partial charge in [0.05, 0.1) is 0 Å². The zero-order valence-corrected chi connectivity index (χ0v) is 14.3. The van der Waals surface area contributed by atoms with E-state index in [2.05, 4.69) is 0 Å². The molecule has 5 saturated heterocycles. The number of nitrogens with zero attached hydrogens (tertiary/aromatic N) is 2. The van der Waals surface area contributed by atoms with Gasteiger partial charge in [-0.25, -0.2) is 0 Å². The summed E-state index contributed by atoms with van der Waals surface area (Å²) < 4.78 is 20.0. The van der Waals surface area contributed by atoms with Gasteiger partial charge in [-0.1, -0.05) is 0 Å². The molecule has 0 aromatic heterocycles. The van der Waals surface area contributed by atoms with Crippen LogP contribution in [0.5, 0.6) is 0 Å². The SMILES string of the molecule is O.O=C1CN2CCN3CC(=O)[O][Sn]([O]1)([O]C(=O)C2)[O]C(=O)C3. The Morgan fingerprint density at radius 2 is 0.909 bits per heavy atom. The van der Waals surface area contributed by atoms with Gasteiger partial charge in [-0.2, -0.15) is 0 Å². The fourth-order valence-corrected chi connectivity index (χ4v) is 6.89. The monoisotopic (exact) mass is 426 g/mol. The molecule has 22 heavy (non-hydrogen) atoms. The molecule has 0 aliphatic carbocycles. The Labute approximate surface area is 130 Å². The van der Waals surface area contributed by atoms with Crippen LogP contribution in [0.15, 0.2) is 0 Å². The van der Waals surface area contributed by atoms with Crippen LogP contribution in [0.1, 0.15) is 0 Å². The molecule has 0 saturated carbocycles. The van der Waals surface area contributed by atoms with Gasteiger partial charge in [0.25, 0.3) is 0 Å². The Morgan fingerprint density at radius 1 is 0.636 bits per heavy atom. The first-order chi connectivity index (χ1) is 9.94. The second kappa shape index (κ2) is 6.35. The van der Waals surface area contributed by atoms with Crippen molar-refractivity contribution in [2.45, 2.75) is 0 Å². The quantitative estimate of drug-likeness (QED) is 0.358. The minimum atomic E-state index is -5.35. The number of hydrogen-bond donors (Lipinski definition) is 0. The van der Waals surface area contributed by atoms with Crippen LogP contribution >= 0.6 is 0 Å². The van der Waals surface area contributed by atoms with Crippen molar-refractivity contribution >= 4 is 43.9 Å². The molecule has 5 aliphatic rings. The van der Waals surface area contributed by atoms with E-state index in [1.807, 2.05) is 0 Å². The summed E-state index contributed by atoms with van der Waals surface area (Å²) in [5, 5.41) is 0. The first-order valence-corrected chi connectivity index (χ1v) is 10.9. The predicted octanol–water partition coefficient (Wildman–Crippen LogP) is -3.59. The summed E-state index contributed by atoms with van der Waals surface area (Å²) in [5.41, 5.74) is 0. The zero-order chi connectivity index (χ0) is 15.0. The molecule has 122 valence electrons. The van der Waals surface area contributed by atoms with Crippen LogP contribution < -0.4 is 0 Å². The van der Waals surface area contributed by atoms with Crippen LogP contribution in [-0.2, 0) is 31.5 Å². The van der Waals surface area contributed by atoms with Crippen molar-refractivity contribution in [2.24, 2.45) is 0 Å². The van der Waals surface area contributed by atoms with Crippen molar-refractivity contribution in [1.82, 2.24) is 9.80 Å². The van der Waals surface area contributed by atoms with E-state index in [0.717, 1.165) is 0 Å². The number of carbonyl (C=O) groups excluding carboxylic acids is 4. The molecule has 0 aromatic rings. The van der Waals surface area contributed by atoms with E-state index in [1.54, 1.807) is 0 Å². The topological polar surface area (TPSA) is 143 Å². The van der Waals surface area contributed by atoms with Crippen LogP contribution in [0.4, 0.5) is 0 Å². The first-order valence-electron chi connectivity index (χ1n) is 6.26. The summed E-state index contributed by atoms with van der Waals surface area (Å²) in [5.74, 6) is -2.97. The van der Waals surface area contributed by atoms with E-state index in [4.69, 9.17) is 12.3 Å². The average molecular weight is 425 g/mol. The summed E-state index contributed by atoms with van der Waals surface area (Å²) >= 11 is -5.35. The van der Waals surface area contributed by atoms with E-state index in [1.165, 1.54) is 9.80 Å². The molecule has 3 bridgehead atoms. The van der Waals surface area contributed by atoms with Crippen molar-refractivity contribution in [2.75, 3.05) is 39.3 Å². The summed E-state index contributed by atoms with van der Waals surface area (Å²) in [7, 11) is 0. The first kappa shape index (κ1) is 16.9. The van der Waals surface area contributed by atoms with Gasteiger partial charge in [0.15, 0.2) is 0 Å². The van der Waals surface area contributed by atoms with E-state index >= 15 is 0 Å². The third kappa shape index (κ3) is 3.66. The summed E-state index contributed by atoms with van der Waals surface area (Å²) in [4.78, 5) is 50.4. The molecule has 5 rings (SSSR count). The second-order valence-electron chi connectivity index (χ2n) is 4.82. The van der Waals surface area contributed by atoms with Crippen molar-refractivity contribution in [3.05, 3.63) is 0 Å². The van der Waals surface area contributed by atoms with Crippen molar-refractivity contribution in [1.29, 1.82) is 0 Å². The number of fused-ring (bicyclic) bond motifs is 4. The molecule has 5 fully saturated rings. The fraction of sp³-hybridized carbons (Fsp3) is 0.600. The van der Waals surface area contributed by atoms with Crippen LogP contribution in [0.2, 0.25) is 0 Å². The molecule has 12 heteroatoms. The van der Waals surface area contributed by atoms with Crippen LogP contribution in [0, 0.1) is 0 Å². The Kier molecular flexibility index (Phi) is 4.89. The van der Waals surface area contributed by atoms with Gasteiger partial charge in [0.2, 0.25) is 0 Å². The normalized spacial score (nSPS) is 34.9. The van der Waals surface area contributed by atoms with Gasteiger partial charge in [-0.3, -0.25) is 0 Å². The molecule has 1 spiro atoms. The van der Waals surface area contributed by atoms with Crippen LogP contribution in [-0.4, -0.2) is 98.5 Å². The number of rotatable bonds is 0. The molecule has 0 atom stereocenters. The van der Waals surface area contributed by atoms with Gasteiger partial charge in [-0.15, -0.1) is 0 Å². The summed E-state index contributed by atoms with van der Waals surface area (Å²) in [6, 6.07) is 0. The Morgan fingerprint density at radius 3 is 1.18 bits per heavy atom. The van der Waals surface area contributed by atoms with Crippen LogP contribution in [0.3, 0.4) is 0 Å². The molecule has 5 aliphatic heterocycles. The second-order valence-corrected chi connectivity index (χ2v) is 10.0. The molecule has 0 radical (unpaired) electrons. The number of carbonyl (C=O) groups is 4. The molecule has 5 heterocycles. The molecule has 0 amide bonds. The maximum absolute atomic E-state index is 11.8. The Balaban J connectivity index is 0.00000176. The van der Waals surface area contributed by atoms with Crippen molar-refractivity contribution < 1.29 is 37.0 Å². The standard InChI is InChI=1S/C10H16N2O8.H2O.Sn/c13-7(14)3-11(4-8(15)16)1-2-12(5-9(17)18)6-10(19)20;;/h1-6H2,(H,13,14)(H,15,16)(H,17,18)(H,19,20);1H2;/q;;+4/p-4. The number of hydrogen-bond acceptors (Lipinski definition) is 10. The molecule has 2 N–H and O–H groups in total. The third-order valence-corrected chi connectivity index (χ3v) is 8.55. The van der Waals surface area contributed by atoms with Crippen molar-refractivity contribution in [3.8, 4) is 0 Å². The maximum atomic E-state index is 11.8. The minimum absolute atomic E-state index is 0. The van der Waals surface area contributed by atoms with Gasteiger partial charge in [0, 0.05) is 0 Å². The predicted molar refractivity (Wildman–Crippen MR) is 66.6 cm³/mol. The molecule has 11 nitrogen and oxygen atoms in total. The molecular formula is C10H14N2O9Sn. The van der Waals surface area contributed by atoms with Crippen molar-refractivity contribution in [3.63, 3.8) is 0 Å². The van der Waals surface area contributed by atoms with Gasteiger partial charge in [-0.05, 0) is 0 Å². The molecule has 0 unspecified atom stereocenters. The summed E-state index contributed by atoms with van der Waals surface area (Å²) in [6.45, 7) is -0.0264. The summed E-state index contributed by atoms with van der Waals surface area (Å²) in [6.07, 6.45) is 0. The van der Waals surface area contributed by atoms with E-state index in [-0.39, 0.29) is 31.7 Å². The average Bonchev–Trinajstić information content (AvgIpc) is 2.35. The van der Waals surface area contributed by atoms with E-state index in [9.17, 15) is 19.2 Å². The third-order valence-electron chi connectivity index (χ3n) is 3.10. The van der Waals surface area contributed by atoms with E-state index < -0.39 is 43.9 Å². The molecular weight excluding hydrogens is 411 g/mol. The van der Waals surface area contributed by atoms with E-state index in [0.29, 0.717) is 13.1 Å². The molecule has 0 aromatic carbocycles. The zero-order valence-electron chi connectivity index (χ0n) is 11.4. The van der Waals surface area contributed by atoms with Gasteiger partial charge in [0.1, 0.15) is 0 Å².